The van der Waals surface area contributed by atoms with E-state index in [1.54, 1.807) is 4.13 Å². The molecule has 7 heteroatoms. The van der Waals surface area contributed by atoms with Crippen molar-refractivity contribution in [3.8, 4) is 0 Å². The van der Waals surface area contributed by atoms with Crippen LogP contribution in [0.5, 0.6) is 0 Å². The molecule has 0 aromatic heterocycles. The van der Waals surface area contributed by atoms with E-state index < -0.39 is 30.5 Å². The maximum Gasteiger partial charge on any atom is 0.228 e. The Labute approximate surface area is 77.6 Å². The highest BCUT2D eigenvalue weighted by molar-refractivity contribution is 8.08. The molecule has 0 spiro atoms. The van der Waals surface area contributed by atoms with E-state index in [4.69, 9.17) is 0 Å². The van der Waals surface area contributed by atoms with E-state index in [9.17, 15) is 16.8 Å². The summed E-state index contributed by atoms with van der Waals surface area (Å²) in [5, 5.41) is -1.41. The van der Waals surface area contributed by atoms with Crippen molar-refractivity contribution in [2.45, 2.75) is 36.2 Å². The van der Waals surface area contributed by atoms with Crippen molar-refractivity contribution in [2.24, 2.45) is 0 Å². The fourth-order valence-electron chi connectivity index (χ4n) is 2.06. The Kier molecular flexibility index (Phi) is 1.94. The van der Waals surface area contributed by atoms with Gasteiger partial charge in [0.25, 0.3) is 0 Å². The van der Waals surface area contributed by atoms with Crippen LogP contribution in [0.25, 0.3) is 0 Å². The largest absolute Gasteiger partial charge is 0.228 e. The number of rotatable bonds is 0. The molecule has 2 unspecified atom stereocenters. The minimum absolute atomic E-state index is 0.471. The van der Waals surface area contributed by atoms with Gasteiger partial charge in [-0.05, 0) is 12.8 Å². The molecule has 0 radical (unpaired) electrons. The van der Waals surface area contributed by atoms with E-state index in [1.165, 1.54) is 0 Å². The minimum Gasteiger partial charge on any atom is -0.211 e. The van der Waals surface area contributed by atoms with E-state index in [2.05, 4.69) is 0 Å². The van der Waals surface area contributed by atoms with Gasteiger partial charge in [0.2, 0.25) is 20.0 Å². The van der Waals surface area contributed by atoms with Crippen LogP contribution in [0.15, 0.2) is 0 Å². The molecule has 13 heavy (non-hydrogen) atoms. The fourth-order valence-corrected chi connectivity index (χ4v) is 7.25. The Bertz CT molecular complexity index is 370. The highest BCUT2D eigenvalue weighted by Gasteiger charge is 2.51. The summed E-state index contributed by atoms with van der Waals surface area (Å²) in [6.07, 6.45) is 2.55. The standard InChI is InChI=1S/C6H11NO4S2/c8-12(9)5-3-1-2-4-6(5)13(10,11)7-12/h5-7H,1-4H2. The third-order valence-corrected chi connectivity index (χ3v) is 7.42. The fraction of sp³-hybridized carbons (Fsp3) is 1.00. The number of hydrogen-bond donors (Lipinski definition) is 1. The van der Waals surface area contributed by atoms with Gasteiger partial charge in [0.1, 0.15) is 0 Å². The number of sulfonamides is 2. The van der Waals surface area contributed by atoms with Gasteiger partial charge < -0.3 is 0 Å². The first kappa shape index (κ1) is 9.42. The molecular weight excluding hydrogens is 214 g/mol. The van der Waals surface area contributed by atoms with Gasteiger partial charge in [0.05, 0.1) is 10.5 Å². The molecule has 2 atom stereocenters. The molecule has 1 N–H and O–H groups in total. The normalized spacial score (nSPS) is 41.2. The SMILES string of the molecule is O=S1(=O)NS(=O)(=O)C2CCCCC21. The zero-order valence-corrected chi connectivity index (χ0v) is 8.57. The van der Waals surface area contributed by atoms with Gasteiger partial charge in [0, 0.05) is 0 Å². The maximum absolute atomic E-state index is 11.3. The highest BCUT2D eigenvalue weighted by Crippen LogP contribution is 2.33. The lowest BCUT2D eigenvalue weighted by molar-refractivity contribution is 0.484. The molecule has 1 aliphatic carbocycles. The van der Waals surface area contributed by atoms with Gasteiger partial charge in [0.15, 0.2) is 0 Å². The predicted octanol–water partition coefficient (Wildman–Crippen LogP) is -0.440. The molecule has 2 fully saturated rings. The van der Waals surface area contributed by atoms with Crippen molar-refractivity contribution >= 4 is 20.0 Å². The second-order valence-electron chi connectivity index (χ2n) is 3.53. The zero-order valence-electron chi connectivity index (χ0n) is 6.93. The van der Waals surface area contributed by atoms with E-state index in [1.807, 2.05) is 0 Å². The van der Waals surface area contributed by atoms with Crippen molar-refractivity contribution in [1.82, 2.24) is 4.13 Å². The summed E-state index contributed by atoms with van der Waals surface area (Å²) in [5.41, 5.74) is 0. The van der Waals surface area contributed by atoms with E-state index in [0.29, 0.717) is 12.8 Å². The third-order valence-electron chi connectivity index (χ3n) is 2.67. The second-order valence-corrected chi connectivity index (χ2v) is 7.59. The first-order chi connectivity index (χ1) is 5.93. The quantitative estimate of drug-likeness (QED) is 0.606. The average molecular weight is 225 g/mol. The molecule has 1 saturated carbocycles. The molecular formula is C6H11NO4S2. The molecule has 76 valence electrons. The number of nitrogens with one attached hydrogen (secondary N) is 1. The Morgan fingerprint density at radius 3 is 1.62 bits per heavy atom. The molecule has 5 nitrogen and oxygen atoms in total. The molecule has 1 aliphatic heterocycles. The van der Waals surface area contributed by atoms with Crippen LogP contribution in [0.4, 0.5) is 0 Å². The van der Waals surface area contributed by atoms with Gasteiger partial charge in [-0.2, -0.15) is 0 Å². The van der Waals surface area contributed by atoms with Gasteiger partial charge in [-0.3, -0.25) is 0 Å². The maximum atomic E-state index is 11.3. The predicted molar refractivity (Wildman–Crippen MR) is 47.0 cm³/mol. The summed E-state index contributed by atoms with van der Waals surface area (Å²) in [5.74, 6) is 0. The smallest absolute Gasteiger partial charge is 0.211 e. The Balaban J connectivity index is 2.48. The lowest BCUT2D eigenvalue weighted by Gasteiger charge is -2.20. The second kappa shape index (κ2) is 2.68. The van der Waals surface area contributed by atoms with Crippen molar-refractivity contribution in [3.05, 3.63) is 0 Å². The summed E-state index contributed by atoms with van der Waals surface area (Å²) in [6, 6.07) is 0. The Hall–Kier alpha value is -0.140. The molecule has 2 rings (SSSR count). The summed E-state index contributed by atoms with van der Waals surface area (Å²) in [7, 11) is -7.19. The van der Waals surface area contributed by atoms with E-state index in [-0.39, 0.29) is 0 Å². The Morgan fingerprint density at radius 2 is 1.23 bits per heavy atom. The van der Waals surface area contributed by atoms with Crippen LogP contribution in [0.2, 0.25) is 0 Å². The molecule has 2 aliphatic rings. The van der Waals surface area contributed by atoms with E-state index in [0.717, 1.165) is 12.8 Å². The summed E-state index contributed by atoms with van der Waals surface area (Å²) >= 11 is 0. The number of fused-ring (bicyclic) bond motifs is 1. The van der Waals surface area contributed by atoms with Crippen molar-refractivity contribution in [1.29, 1.82) is 0 Å². The van der Waals surface area contributed by atoms with Crippen LogP contribution >= 0.6 is 0 Å². The first-order valence-corrected chi connectivity index (χ1v) is 7.29. The lowest BCUT2D eigenvalue weighted by Crippen LogP contribution is -2.32. The number of hydrogen-bond acceptors (Lipinski definition) is 4. The highest BCUT2D eigenvalue weighted by atomic mass is 32.3. The summed E-state index contributed by atoms with van der Waals surface area (Å²) in [6.45, 7) is 0. The molecule has 0 aromatic rings. The zero-order chi connectivity index (χ0) is 9.69. The first-order valence-electron chi connectivity index (χ1n) is 4.20. The average Bonchev–Trinajstić information content (AvgIpc) is 2.20. The van der Waals surface area contributed by atoms with Crippen LogP contribution in [-0.2, 0) is 20.0 Å². The van der Waals surface area contributed by atoms with Crippen LogP contribution in [0.3, 0.4) is 0 Å². The van der Waals surface area contributed by atoms with Gasteiger partial charge in [-0.15, -0.1) is 4.13 Å². The topological polar surface area (TPSA) is 80.3 Å². The van der Waals surface area contributed by atoms with Crippen molar-refractivity contribution in [2.75, 3.05) is 0 Å². The van der Waals surface area contributed by atoms with Crippen LogP contribution in [0, 0.1) is 0 Å². The van der Waals surface area contributed by atoms with Crippen LogP contribution in [-0.4, -0.2) is 27.3 Å². The molecule has 0 amide bonds. The van der Waals surface area contributed by atoms with Crippen LogP contribution < -0.4 is 4.13 Å². The van der Waals surface area contributed by atoms with Crippen LogP contribution in [0.1, 0.15) is 25.7 Å². The molecule has 1 heterocycles. The lowest BCUT2D eigenvalue weighted by atomic mass is 10.00. The minimum atomic E-state index is -3.59. The van der Waals surface area contributed by atoms with Crippen molar-refractivity contribution < 1.29 is 16.8 Å². The monoisotopic (exact) mass is 225 g/mol. The van der Waals surface area contributed by atoms with Gasteiger partial charge in [-0.25, -0.2) is 16.8 Å². The summed E-state index contributed by atoms with van der Waals surface area (Å²) in [4.78, 5) is 0. The van der Waals surface area contributed by atoms with Gasteiger partial charge in [-0.1, -0.05) is 12.8 Å². The summed E-state index contributed by atoms with van der Waals surface area (Å²) < 4.78 is 47.0. The molecule has 1 saturated heterocycles. The van der Waals surface area contributed by atoms with Gasteiger partial charge >= 0.3 is 0 Å². The molecule has 0 bridgehead atoms. The van der Waals surface area contributed by atoms with Crippen molar-refractivity contribution in [3.63, 3.8) is 0 Å². The molecule has 0 aromatic carbocycles. The Morgan fingerprint density at radius 1 is 0.846 bits per heavy atom. The third kappa shape index (κ3) is 1.38. The van der Waals surface area contributed by atoms with E-state index >= 15 is 0 Å².